The van der Waals surface area contributed by atoms with Crippen LogP contribution in [-0.4, -0.2) is 37.6 Å². The van der Waals surface area contributed by atoms with Gasteiger partial charge in [0.25, 0.3) is 0 Å². The average Bonchev–Trinajstić information content (AvgIpc) is 2.47. The lowest BCUT2D eigenvalue weighted by atomic mass is 10.1. The molecule has 1 atom stereocenters. The molecule has 0 aliphatic carbocycles. The molecule has 6 heteroatoms. The molecule has 116 valence electrons. The Balaban J connectivity index is 1.80. The summed E-state index contributed by atoms with van der Waals surface area (Å²) in [5.41, 5.74) is 1.21. The molecule has 0 aromatic heterocycles. The minimum Gasteiger partial charge on any atom is -0.341 e. The smallest absolute Gasteiger partial charge is 0.222 e. The van der Waals surface area contributed by atoms with Crippen LogP contribution in [0.25, 0.3) is 0 Å². The van der Waals surface area contributed by atoms with Gasteiger partial charge >= 0.3 is 0 Å². The van der Waals surface area contributed by atoms with Gasteiger partial charge in [-0.1, -0.05) is 30.3 Å². The van der Waals surface area contributed by atoms with Crippen LogP contribution in [0.2, 0.25) is 0 Å². The van der Waals surface area contributed by atoms with E-state index in [0.717, 1.165) is 12.8 Å². The van der Waals surface area contributed by atoms with Crippen molar-refractivity contribution >= 4 is 15.9 Å². The Morgan fingerprint density at radius 3 is 2.67 bits per heavy atom. The lowest BCUT2D eigenvalue weighted by Gasteiger charge is -2.31. The number of nitrogens with two attached hydrogens (primary N) is 1. The highest BCUT2D eigenvalue weighted by molar-refractivity contribution is 7.89. The quantitative estimate of drug-likeness (QED) is 0.890. The molecule has 1 saturated heterocycles. The zero-order valence-electron chi connectivity index (χ0n) is 12.1. The van der Waals surface area contributed by atoms with Gasteiger partial charge < -0.3 is 4.90 Å². The Hall–Kier alpha value is -1.40. The van der Waals surface area contributed by atoms with E-state index in [1.807, 2.05) is 30.3 Å². The first-order valence-electron chi connectivity index (χ1n) is 7.30. The van der Waals surface area contributed by atoms with Crippen LogP contribution in [0.4, 0.5) is 0 Å². The molecule has 1 aliphatic heterocycles. The van der Waals surface area contributed by atoms with E-state index in [2.05, 4.69) is 0 Å². The normalized spacial score (nSPS) is 19.5. The molecule has 2 rings (SSSR count). The summed E-state index contributed by atoms with van der Waals surface area (Å²) in [5, 5.41) is 4.58. The molecule has 1 heterocycles. The number of carbonyl (C=O) groups is 1. The van der Waals surface area contributed by atoms with Gasteiger partial charge in [0.2, 0.25) is 15.9 Å². The Morgan fingerprint density at radius 1 is 1.29 bits per heavy atom. The summed E-state index contributed by atoms with van der Waals surface area (Å²) >= 11 is 0. The van der Waals surface area contributed by atoms with Gasteiger partial charge in [-0.25, -0.2) is 13.6 Å². The number of hydrogen-bond donors (Lipinski definition) is 1. The van der Waals surface area contributed by atoms with Gasteiger partial charge in [-0.2, -0.15) is 0 Å². The Kier molecular flexibility index (Phi) is 5.36. The van der Waals surface area contributed by atoms with E-state index in [1.54, 1.807) is 4.90 Å². The highest BCUT2D eigenvalue weighted by Gasteiger charge is 2.29. The first-order valence-corrected chi connectivity index (χ1v) is 8.91. The zero-order chi connectivity index (χ0) is 15.3. The third kappa shape index (κ3) is 4.82. The molecule has 21 heavy (non-hydrogen) atoms. The van der Waals surface area contributed by atoms with E-state index >= 15 is 0 Å². The number of sulfonamides is 1. The van der Waals surface area contributed by atoms with Crippen LogP contribution in [0.15, 0.2) is 30.3 Å². The standard InChI is InChI=1S/C15H22N2O3S/c16-21(19,20)14-9-5-11-17(12-14)15(18)10-4-8-13-6-2-1-3-7-13/h1-3,6-7,14H,4-5,8-12H2,(H2,16,19,20). The summed E-state index contributed by atoms with van der Waals surface area (Å²) in [4.78, 5) is 13.8. The molecule has 0 spiro atoms. The van der Waals surface area contributed by atoms with Crippen LogP contribution >= 0.6 is 0 Å². The number of benzene rings is 1. The number of carbonyl (C=O) groups excluding carboxylic acids is 1. The molecule has 1 aliphatic rings. The van der Waals surface area contributed by atoms with E-state index < -0.39 is 15.3 Å². The number of hydrogen-bond acceptors (Lipinski definition) is 3. The number of piperidine rings is 1. The first kappa shape index (κ1) is 16.0. The number of aryl methyl sites for hydroxylation is 1. The topological polar surface area (TPSA) is 80.5 Å². The first-order chi connectivity index (χ1) is 9.97. The summed E-state index contributed by atoms with van der Waals surface area (Å²) in [7, 11) is -3.55. The molecule has 5 nitrogen and oxygen atoms in total. The number of rotatable bonds is 5. The van der Waals surface area contributed by atoms with Gasteiger partial charge in [-0.15, -0.1) is 0 Å². The molecular formula is C15H22N2O3S. The number of likely N-dealkylation sites (tertiary alicyclic amines) is 1. The molecule has 0 saturated carbocycles. The summed E-state index contributed by atoms with van der Waals surface area (Å²) in [6.45, 7) is 0.874. The molecule has 2 N–H and O–H groups in total. The fourth-order valence-corrected chi connectivity index (χ4v) is 3.56. The van der Waals surface area contributed by atoms with Gasteiger partial charge in [0.15, 0.2) is 0 Å². The molecule has 0 bridgehead atoms. The van der Waals surface area contributed by atoms with Crippen molar-refractivity contribution in [2.45, 2.75) is 37.4 Å². The van der Waals surface area contributed by atoms with E-state index in [1.165, 1.54) is 5.56 Å². The van der Waals surface area contributed by atoms with Crippen molar-refractivity contribution in [1.29, 1.82) is 0 Å². The minimum absolute atomic E-state index is 0.0271. The Bertz CT molecular complexity index is 572. The van der Waals surface area contributed by atoms with E-state index in [0.29, 0.717) is 25.8 Å². The summed E-state index contributed by atoms with van der Waals surface area (Å²) in [5.74, 6) is 0.0271. The van der Waals surface area contributed by atoms with Crippen LogP contribution in [0.1, 0.15) is 31.2 Å². The van der Waals surface area contributed by atoms with Gasteiger partial charge in [-0.05, 0) is 31.2 Å². The number of nitrogens with zero attached hydrogens (tertiary/aromatic N) is 1. The van der Waals surface area contributed by atoms with Crippen molar-refractivity contribution in [2.75, 3.05) is 13.1 Å². The largest absolute Gasteiger partial charge is 0.341 e. The van der Waals surface area contributed by atoms with E-state index in [4.69, 9.17) is 5.14 Å². The van der Waals surface area contributed by atoms with Gasteiger partial charge in [0.05, 0.1) is 5.25 Å². The maximum absolute atomic E-state index is 12.2. The predicted octanol–water partition coefficient (Wildman–Crippen LogP) is 1.29. The molecular weight excluding hydrogens is 288 g/mol. The fourth-order valence-electron chi connectivity index (χ4n) is 2.68. The SMILES string of the molecule is NS(=O)(=O)C1CCCN(C(=O)CCCc2ccccc2)C1. The molecule has 1 aromatic carbocycles. The fraction of sp³-hybridized carbons (Fsp3) is 0.533. The Morgan fingerprint density at radius 2 is 2.00 bits per heavy atom. The van der Waals surface area contributed by atoms with Crippen molar-refractivity contribution in [2.24, 2.45) is 5.14 Å². The predicted molar refractivity (Wildman–Crippen MR) is 82.1 cm³/mol. The third-order valence-corrected chi connectivity index (χ3v) is 5.21. The van der Waals surface area contributed by atoms with Crippen molar-refractivity contribution in [3.05, 3.63) is 35.9 Å². The van der Waals surface area contributed by atoms with Crippen molar-refractivity contribution in [1.82, 2.24) is 4.90 Å². The molecule has 1 aromatic rings. The van der Waals surface area contributed by atoms with Gasteiger partial charge in [0.1, 0.15) is 0 Å². The molecule has 1 fully saturated rings. The second kappa shape index (κ2) is 7.04. The lowest BCUT2D eigenvalue weighted by molar-refractivity contribution is -0.132. The second-order valence-electron chi connectivity index (χ2n) is 5.53. The summed E-state index contributed by atoms with van der Waals surface area (Å²) < 4.78 is 22.8. The van der Waals surface area contributed by atoms with Crippen molar-refractivity contribution < 1.29 is 13.2 Å². The van der Waals surface area contributed by atoms with E-state index in [-0.39, 0.29) is 12.5 Å². The second-order valence-corrected chi connectivity index (χ2v) is 7.38. The number of amides is 1. The number of primary sulfonamides is 1. The monoisotopic (exact) mass is 310 g/mol. The van der Waals surface area contributed by atoms with Crippen molar-refractivity contribution in [3.63, 3.8) is 0 Å². The van der Waals surface area contributed by atoms with Crippen LogP contribution in [-0.2, 0) is 21.2 Å². The maximum atomic E-state index is 12.2. The van der Waals surface area contributed by atoms with Crippen LogP contribution < -0.4 is 5.14 Å². The molecule has 1 amide bonds. The highest BCUT2D eigenvalue weighted by atomic mass is 32.2. The third-order valence-electron chi connectivity index (χ3n) is 3.89. The maximum Gasteiger partial charge on any atom is 0.222 e. The molecule has 0 radical (unpaired) electrons. The Labute approximate surface area is 126 Å². The lowest BCUT2D eigenvalue weighted by Crippen LogP contribution is -2.47. The van der Waals surface area contributed by atoms with Crippen LogP contribution in [0.3, 0.4) is 0 Å². The van der Waals surface area contributed by atoms with Crippen LogP contribution in [0, 0.1) is 0 Å². The highest BCUT2D eigenvalue weighted by Crippen LogP contribution is 2.17. The van der Waals surface area contributed by atoms with Crippen molar-refractivity contribution in [3.8, 4) is 0 Å². The average molecular weight is 310 g/mol. The van der Waals surface area contributed by atoms with Gasteiger partial charge in [-0.3, -0.25) is 4.79 Å². The van der Waals surface area contributed by atoms with E-state index in [9.17, 15) is 13.2 Å². The zero-order valence-corrected chi connectivity index (χ0v) is 12.9. The summed E-state index contributed by atoms with van der Waals surface area (Å²) in [6, 6.07) is 10.0. The molecule has 1 unspecified atom stereocenters. The summed E-state index contributed by atoms with van der Waals surface area (Å²) in [6.07, 6.45) is 3.34. The van der Waals surface area contributed by atoms with Gasteiger partial charge in [0, 0.05) is 19.5 Å². The minimum atomic E-state index is -3.55. The van der Waals surface area contributed by atoms with Crippen LogP contribution in [0.5, 0.6) is 0 Å².